The number of likely N-dealkylation sites (tertiary alicyclic amines) is 1. The first-order chi connectivity index (χ1) is 24.8. The molecule has 1 aromatic carbocycles. The second-order valence-corrected chi connectivity index (χ2v) is 15.4. The zero-order chi connectivity index (χ0) is 37.2. The third kappa shape index (κ3) is 8.39. The number of amides is 3. The average Bonchev–Trinajstić information content (AvgIpc) is 3.87. The van der Waals surface area contributed by atoms with Crippen LogP contribution in [0.1, 0.15) is 58.3 Å². The van der Waals surface area contributed by atoms with Gasteiger partial charge in [0.2, 0.25) is 17.8 Å². The smallest absolute Gasteiger partial charge is 0.410 e. The van der Waals surface area contributed by atoms with Crippen molar-refractivity contribution < 1.29 is 24.2 Å². The third-order valence-corrected chi connectivity index (χ3v) is 10.1. The van der Waals surface area contributed by atoms with Gasteiger partial charge in [-0.2, -0.15) is 0 Å². The molecule has 3 amide bonds. The number of rotatable bonds is 9. The van der Waals surface area contributed by atoms with E-state index in [1.54, 1.807) is 34.8 Å². The van der Waals surface area contributed by atoms with Crippen molar-refractivity contribution in [2.24, 2.45) is 5.92 Å². The van der Waals surface area contributed by atoms with Crippen molar-refractivity contribution in [3.05, 3.63) is 59.6 Å². The lowest BCUT2D eigenvalue weighted by Crippen LogP contribution is -2.50. The molecule has 3 atom stereocenters. The van der Waals surface area contributed by atoms with Gasteiger partial charge in [-0.25, -0.2) is 24.4 Å². The van der Waals surface area contributed by atoms with Crippen LogP contribution in [0.25, 0.3) is 21.7 Å². The van der Waals surface area contributed by atoms with Crippen molar-refractivity contribution in [1.29, 1.82) is 0 Å². The number of anilines is 1. The number of aromatic nitrogens is 6. The molecule has 6 rings (SSSR count). The maximum absolute atomic E-state index is 14.1. The van der Waals surface area contributed by atoms with Gasteiger partial charge in [0.25, 0.3) is 0 Å². The van der Waals surface area contributed by atoms with E-state index in [9.17, 15) is 19.5 Å². The number of aliphatic hydroxyl groups is 1. The molecule has 52 heavy (non-hydrogen) atoms. The second-order valence-electron chi connectivity index (χ2n) is 14.6. The third-order valence-electron chi connectivity index (χ3n) is 9.12. The summed E-state index contributed by atoms with van der Waals surface area (Å²) in [4.78, 5) is 59.6. The summed E-state index contributed by atoms with van der Waals surface area (Å²) in [6, 6.07) is 6.37. The minimum absolute atomic E-state index is 0.0475. The molecule has 0 spiro atoms. The Hall–Kier alpha value is -4.96. The van der Waals surface area contributed by atoms with Crippen LogP contribution in [0.4, 0.5) is 10.7 Å². The number of nitrogens with one attached hydrogen (secondary N) is 1. The van der Waals surface area contributed by atoms with E-state index in [-0.39, 0.29) is 36.8 Å². The predicted octanol–water partition coefficient (Wildman–Crippen LogP) is 3.70. The number of carbonyl (C=O) groups is 3. The number of hydrogen-bond donors (Lipinski definition) is 2. The number of aryl methyl sites for hydroxylation is 1. The normalized spacial score (nSPS) is 18.5. The number of ether oxygens (including phenoxy) is 1. The Balaban J connectivity index is 1.07. The Bertz CT molecular complexity index is 1860. The van der Waals surface area contributed by atoms with Crippen LogP contribution in [0, 0.1) is 12.8 Å². The van der Waals surface area contributed by atoms with Crippen molar-refractivity contribution in [2.75, 3.05) is 37.6 Å². The monoisotopic (exact) mass is 730 g/mol. The van der Waals surface area contributed by atoms with Crippen LogP contribution in [0.15, 0.2) is 48.4 Å². The zero-order valence-corrected chi connectivity index (χ0v) is 31.2. The van der Waals surface area contributed by atoms with Crippen molar-refractivity contribution >= 4 is 35.2 Å². The fraction of sp³-hybridized carbons (Fsp3) is 0.500. The summed E-state index contributed by atoms with van der Waals surface area (Å²) in [7, 11) is 0. The van der Waals surface area contributed by atoms with Gasteiger partial charge in [-0.05, 0) is 44.7 Å². The van der Waals surface area contributed by atoms with E-state index in [1.165, 1.54) is 9.58 Å². The average molecular weight is 731 g/mol. The number of β-amino-alcohol motifs (C(OH)–C–C–N with tert-alkyl or cyclic N) is 1. The number of thiazole rings is 1. The van der Waals surface area contributed by atoms with Crippen LogP contribution in [0.5, 0.6) is 0 Å². The zero-order valence-electron chi connectivity index (χ0n) is 30.4. The number of benzene rings is 1. The van der Waals surface area contributed by atoms with E-state index >= 15 is 0 Å². The summed E-state index contributed by atoms with van der Waals surface area (Å²) >= 11 is 1.58. The number of piperazine rings is 1. The predicted molar refractivity (Wildman–Crippen MR) is 195 cm³/mol. The van der Waals surface area contributed by atoms with Crippen LogP contribution >= 0.6 is 11.3 Å². The topological polar surface area (TPSA) is 172 Å². The minimum Gasteiger partial charge on any atom is -0.444 e. The van der Waals surface area contributed by atoms with Gasteiger partial charge in [-0.1, -0.05) is 43.3 Å². The molecule has 2 N–H and O–H groups in total. The molecular formula is C36H46N10O5S. The minimum atomic E-state index is -0.823. The molecule has 2 aliphatic heterocycles. The van der Waals surface area contributed by atoms with Gasteiger partial charge in [0, 0.05) is 63.6 Å². The van der Waals surface area contributed by atoms with Crippen molar-refractivity contribution in [2.45, 2.75) is 78.3 Å². The molecule has 15 nitrogen and oxygen atoms in total. The van der Waals surface area contributed by atoms with Gasteiger partial charge in [-0.3, -0.25) is 9.59 Å². The highest BCUT2D eigenvalue weighted by Crippen LogP contribution is 2.29. The first-order valence-corrected chi connectivity index (χ1v) is 18.4. The number of hydrogen-bond acceptors (Lipinski definition) is 12. The molecule has 276 valence electrons. The highest BCUT2D eigenvalue weighted by atomic mass is 32.1. The molecule has 0 bridgehead atoms. The largest absolute Gasteiger partial charge is 0.444 e. The van der Waals surface area contributed by atoms with Gasteiger partial charge in [0.15, 0.2) is 0 Å². The molecule has 0 radical (unpaired) electrons. The summed E-state index contributed by atoms with van der Waals surface area (Å²) in [5, 5.41) is 22.2. The molecule has 16 heteroatoms. The molecule has 0 aliphatic carbocycles. The number of nitrogens with zero attached hydrogens (tertiary/aromatic N) is 9. The standard InChI is InChI=1S/C36H46N10O5S/c1-22(2)30(33(49)45-19-27(47)15-29(45)32(48)37-16-24-7-9-25(10-8-24)31-23(3)40-21-52-31)46-20-28(41-42-46)26-17-38-34(39-18-26)43-11-13-44(14-12-43)35(50)51-36(4,5)6/h7-10,17-18,20-22,27,29-30,47H,11-16,19H2,1-6H3,(H,37,48)/t27-,29+,30+/m1/s1. The van der Waals surface area contributed by atoms with E-state index in [1.807, 2.05) is 76.2 Å². The van der Waals surface area contributed by atoms with Crippen LogP contribution in [-0.4, -0.2) is 113 Å². The molecule has 2 saturated heterocycles. The summed E-state index contributed by atoms with van der Waals surface area (Å²) in [6.45, 7) is 13.8. The summed E-state index contributed by atoms with van der Waals surface area (Å²) < 4.78 is 7.00. The lowest BCUT2D eigenvalue weighted by atomic mass is 10.0. The van der Waals surface area contributed by atoms with Crippen LogP contribution in [0.2, 0.25) is 0 Å². The molecule has 3 aromatic heterocycles. The molecule has 2 fully saturated rings. The molecule has 4 aromatic rings. The van der Waals surface area contributed by atoms with Gasteiger partial charge in [0.05, 0.1) is 28.4 Å². The van der Waals surface area contributed by atoms with Crippen LogP contribution < -0.4 is 10.2 Å². The van der Waals surface area contributed by atoms with Crippen LogP contribution in [0.3, 0.4) is 0 Å². The van der Waals surface area contributed by atoms with Gasteiger partial charge >= 0.3 is 6.09 Å². The summed E-state index contributed by atoms with van der Waals surface area (Å²) in [6.07, 6.45) is 4.00. The van der Waals surface area contributed by atoms with E-state index in [0.29, 0.717) is 49.9 Å². The maximum atomic E-state index is 14.1. The van der Waals surface area contributed by atoms with E-state index in [4.69, 9.17) is 4.74 Å². The molecule has 2 aliphatic rings. The highest BCUT2D eigenvalue weighted by Gasteiger charge is 2.42. The second kappa shape index (κ2) is 15.3. The first kappa shape index (κ1) is 36.8. The van der Waals surface area contributed by atoms with E-state index in [2.05, 4.69) is 30.6 Å². The first-order valence-electron chi connectivity index (χ1n) is 17.5. The Morgan fingerprint density at radius 3 is 2.33 bits per heavy atom. The fourth-order valence-corrected chi connectivity index (χ4v) is 7.23. The molecule has 0 saturated carbocycles. The Morgan fingerprint density at radius 2 is 1.71 bits per heavy atom. The van der Waals surface area contributed by atoms with Gasteiger partial charge < -0.3 is 29.9 Å². The van der Waals surface area contributed by atoms with Crippen molar-refractivity contribution in [3.8, 4) is 21.7 Å². The van der Waals surface area contributed by atoms with Crippen molar-refractivity contribution in [1.82, 2.24) is 45.1 Å². The Morgan fingerprint density at radius 1 is 1.02 bits per heavy atom. The SMILES string of the molecule is Cc1ncsc1-c1ccc(CNC(=O)[C@@H]2C[C@@H](O)CN2C(=O)[C@H](C(C)C)n2cc(-c3cnc(N4CCN(C(=O)OC(C)(C)C)CC4)nc3)nn2)cc1. The number of aliphatic hydroxyl groups excluding tert-OH is 1. The van der Waals surface area contributed by atoms with E-state index < -0.39 is 23.8 Å². The molecular weight excluding hydrogens is 685 g/mol. The number of carbonyl (C=O) groups excluding carboxylic acids is 3. The summed E-state index contributed by atoms with van der Waals surface area (Å²) in [5.74, 6) is -0.292. The quantitative estimate of drug-likeness (QED) is 0.257. The fourth-order valence-electron chi connectivity index (χ4n) is 6.42. The maximum Gasteiger partial charge on any atom is 0.410 e. The highest BCUT2D eigenvalue weighted by molar-refractivity contribution is 7.13. The lowest BCUT2D eigenvalue weighted by molar-refractivity contribution is -0.142. The lowest BCUT2D eigenvalue weighted by Gasteiger charge is -2.35. The van der Waals surface area contributed by atoms with Gasteiger partial charge in [-0.15, -0.1) is 16.4 Å². The Kier molecular flexibility index (Phi) is 10.9. The van der Waals surface area contributed by atoms with E-state index in [0.717, 1.165) is 21.7 Å². The Labute approximate surface area is 307 Å². The van der Waals surface area contributed by atoms with Crippen LogP contribution in [-0.2, 0) is 20.9 Å². The molecule has 0 unspecified atom stereocenters. The molecule has 5 heterocycles. The van der Waals surface area contributed by atoms with Crippen molar-refractivity contribution in [3.63, 3.8) is 0 Å². The van der Waals surface area contributed by atoms with Gasteiger partial charge in [0.1, 0.15) is 23.4 Å². The summed E-state index contributed by atoms with van der Waals surface area (Å²) in [5.41, 5.74) is 5.35.